The Morgan fingerprint density at radius 1 is 0.449 bits per heavy atom. The van der Waals surface area contributed by atoms with E-state index in [4.69, 9.17) is 13.9 Å². The topological polar surface area (TPSA) is 34.2 Å². The first kappa shape index (κ1) is 33.6. The molecule has 0 saturated heterocycles. The third-order valence-electron chi connectivity index (χ3n) is 8.78. The van der Waals surface area contributed by atoms with Gasteiger partial charge in [0.2, 0.25) is 0 Å². The van der Waals surface area contributed by atoms with Crippen molar-refractivity contribution in [3.8, 4) is 22.6 Å². The van der Waals surface area contributed by atoms with E-state index in [-0.39, 0.29) is 0 Å². The van der Waals surface area contributed by atoms with E-state index in [0.717, 1.165) is 69.2 Å². The number of nitrogens with zero attached hydrogens (tertiary/aromatic N) is 2. The Labute approximate surface area is 292 Å². The van der Waals surface area contributed by atoms with E-state index in [9.17, 15) is 0 Å². The Kier molecular flexibility index (Phi) is 10.8. The van der Waals surface area contributed by atoms with Gasteiger partial charge in [0.1, 0.15) is 11.5 Å². The molecule has 0 spiro atoms. The first-order valence-corrected chi connectivity index (χ1v) is 19.9. The fourth-order valence-electron chi connectivity index (χ4n) is 5.87. The van der Waals surface area contributed by atoms with Crippen molar-refractivity contribution in [1.82, 2.24) is 0 Å². The molecule has 0 amide bonds. The highest BCUT2D eigenvalue weighted by atomic mass is 28.4. The van der Waals surface area contributed by atoms with Gasteiger partial charge in [0.25, 0.3) is 0 Å². The number of benzene rings is 6. The third-order valence-corrected chi connectivity index (χ3v) is 11.4. The molecule has 0 aliphatic heterocycles. The number of hydrogen-bond acceptors (Lipinski definition) is 5. The molecule has 6 aromatic carbocycles. The number of para-hydroxylation sites is 2. The molecule has 0 heterocycles. The number of hydrogen-bond donors (Lipinski definition) is 0. The predicted octanol–water partition coefficient (Wildman–Crippen LogP) is 11.9. The van der Waals surface area contributed by atoms with E-state index in [1.807, 2.05) is 31.4 Å². The second-order valence-corrected chi connectivity index (χ2v) is 17.0. The molecule has 49 heavy (non-hydrogen) atoms. The van der Waals surface area contributed by atoms with Crippen LogP contribution in [0.5, 0.6) is 11.5 Å². The van der Waals surface area contributed by atoms with E-state index in [2.05, 4.69) is 156 Å². The molecule has 0 fully saturated rings. The Hall–Kier alpha value is -5.30. The molecule has 248 valence electrons. The van der Waals surface area contributed by atoms with Crippen LogP contribution in [0.4, 0.5) is 34.1 Å². The zero-order chi connectivity index (χ0) is 34.1. The van der Waals surface area contributed by atoms with Crippen LogP contribution in [0.1, 0.15) is 6.42 Å². The molecule has 0 saturated carbocycles. The van der Waals surface area contributed by atoms with Crippen LogP contribution in [0.25, 0.3) is 11.1 Å². The summed E-state index contributed by atoms with van der Waals surface area (Å²) in [5.41, 5.74) is 8.81. The van der Waals surface area contributed by atoms with Gasteiger partial charge in [-0.2, -0.15) is 0 Å². The maximum absolute atomic E-state index is 6.08. The first-order chi connectivity index (χ1) is 23.9. The average molecular weight is 665 g/mol. The van der Waals surface area contributed by atoms with Crippen molar-refractivity contribution < 1.29 is 13.9 Å². The molecule has 0 unspecified atom stereocenters. The summed E-state index contributed by atoms with van der Waals surface area (Å²) in [5, 5.41) is 0. The lowest BCUT2D eigenvalue weighted by atomic mass is 10.0. The van der Waals surface area contributed by atoms with Crippen molar-refractivity contribution in [2.75, 3.05) is 30.6 Å². The Balaban J connectivity index is 1.21. The summed E-state index contributed by atoms with van der Waals surface area (Å²) in [7, 11) is 1.94. The predicted molar refractivity (Wildman–Crippen MR) is 207 cm³/mol. The average Bonchev–Trinajstić information content (AvgIpc) is 3.16. The Morgan fingerprint density at radius 2 is 0.816 bits per heavy atom. The summed E-state index contributed by atoms with van der Waals surface area (Å²) in [4.78, 5) is 4.53. The number of rotatable bonds is 14. The van der Waals surface area contributed by atoms with Crippen LogP contribution in [-0.4, -0.2) is 29.1 Å². The van der Waals surface area contributed by atoms with E-state index in [1.165, 1.54) is 0 Å². The molecule has 6 heteroatoms. The minimum atomic E-state index is -1.57. The van der Waals surface area contributed by atoms with Crippen molar-refractivity contribution in [3.63, 3.8) is 0 Å². The lowest BCUT2D eigenvalue weighted by molar-refractivity contribution is 0.311. The molecular formula is C43H44N2O3Si. The van der Waals surface area contributed by atoms with E-state index >= 15 is 0 Å². The van der Waals surface area contributed by atoms with Crippen LogP contribution < -0.4 is 19.3 Å². The second-order valence-electron chi connectivity index (χ2n) is 12.5. The van der Waals surface area contributed by atoms with Gasteiger partial charge in [-0.05, 0) is 134 Å². The molecule has 0 aliphatic carbocycles. The molecule has 6 aromatic rings. The molecule has 0 N–H and O–H groups in total. The van der Waals surface area contributed by atoms with Gasteiger partial charge < -0.3 is 23.7 Å². The van der Waals surface area contributed by atoms with Gasteiger partial charge in [-0.25, -0.2) is 0 Å². The van der Waals surface area contributed by atoms with Gasteiger partial charge >= 0.3 is 0 Å². The normalized spacial score (nSPS) is 11.2. The van der Waals surface area contributed by atoms with Gasteiger partial charge in [-0.15, -0.1) is 0 Å². The summed E-state index contributed by atoms with van der Waals surface area (Å²) < 4.78 is 17.2. The maximum atomic E-state index is 6.08. The first-order valence-electron chi connectivity index (χ1n) is 16.8. The monoisotopic (exact) mass is 664 g/mol. The van der Waals surface area contributed by atoms with Gasteiger partial charge in [0.05, 0.1) is 13.7 Å². The lowest BCUT2D eigenvalue weighted by Crippen LogP contribution is -2.28. The zero-order valence-electron chi connectivity index (χ0n) is 28.8. The van der Waals surface area contributed by atoms with Crippen molar-refractivity contribution in [2.45, 2.75) is 25.6 Å². The Morgan fingerprint density at radius 3 is 1.20 bits per heavy atom. The van der Waals surface area contributed by atoms with Crippen LogP contribution in [0, 0.1) is 0 Å². The smallest absolute Gasteiger partial charge is 0.186 e. The summed E-state index contributed by atoms with van der Waals surface area (Å²) in [6.07, 6.45) is 0.994. The summed E-state index contributed by atoms with van der Waals surface area (Å²) >= 11 is 0. The zero-order valence-corrected chi connectivity index (χ0v) is 29.8. The molecular weight excluding hydrogens is 621 g/mol. The summed E-state index contributed by atoms with van der Waals surface area (Å²) in [6.45, 7) is 5.18. The standard InChI is InChI=1S/C43H44N2O3Si/c1-46-42-28-24-40(25-29-42)44(36-12-7-5-8-13-36)38-20-16-34(17-21-38)35-18-22-39(23-19-35)45(37-14-9-6-10-15-37)41-26-30-43(31-27-41)48-32-11-33-49(3,4)47-2/h5-10,12-31H,11,32-33H2,1-4H3. The lowest BCUT2D eigenvalue weighted by Gasteiger charge is -2.26. The van der Waals surface area contributed by atoms with Crippen molar-refractivity contribution in [3.05, 3.63) is 158 Å². The van der Waals surface area contributed by atoms with Gasteiger partial charge in [0.15, 0.2) is 8.32 Å². The SMILES string of the molecule is COc1ccc(N(c2ccccc2)c2ccc(-c3ccc(N(c4ccccc4)c4ccc(OCCC[Si](C)(C)OC)cc4)cc3)cc2)cc1. The summed E-state index contributed by atoms with van der Waals surface area (Å²) in [6, 6.07) is 56.0. The van der Waals surface area contributed by atoms with Gasteiger partial charge in [-0.3, -0.25) is 0 Å². The molecule has 0 radical (unpaired) electrons. The van der Waals surface area contributed by atoms with Crippen LogP contribution in [0.15, 0.2) is 158 Å². The van der Waals surface area contributed by atoms with E-state index < -0.39 is 8.32 Å². The largest absolute Gasteiger partial charge is 0.497 e. The fraction of sp³-hybridized carbons (Fsp3) is 0.163. The third kappa shape index (κ3) is 8.41. The van der Waals surface area contributed by atoms with Crippen LogP contribution >= 0.6 is 0 Å². The fourth-order valence-corrected chi connectivity index (χ4v) is 7.07. The molecule has 5 nitrogen and oxygen atoms in total. The highest BCUT2D eigenvalue weighted by Gasteiger charge is 2.20. The minimum Gasteiger partial charge on any atom is -0.497 e. The highest BCUT2D eigenvalue weighted by molar-refractivity contribution is 6.71. The minimum absolute atomic E-state index is 0.690. The second kappa shape index (κ2) is 15.7. The number of methoxy groups -OCH3 is 1. The van der Waals surface area contributed by atoms with Crippen LogP contribution in [0.3, 0.4) is 0 Å². The molecule has 0 bridgehead atoms. The van der Waals surface area contributed by atoms with Crippen molar-refractivity contribution in [2.24, 2.45) is 0 Å². The number of anilines is 6. The van der Waals surface area contributed by atoms with Crippen molar-refractivity contribution in [1.29, 1.82) is 0 Å². The summed E-state index contributed by atoms with van der Waals surface area (Å²) in [5.74, 6) is 1.72. The Bertz CT molecular complexity index is 1880. The number of ether oxygens (including phenoxy) is 2. The highest BCUT2D eigenvalue weighted by Crippen LogP contribution is 2.38. The van der Waals surface area contributed by atoms with Crippen molar-refractivity contribution >= 4 is 42.4 Å². The van der Waals surface area contributed by atoms with E-state index in [1.54, 1.807) is 7.11 Å². The van der Waals surface area contributed by atoms with Gasteiger partial charge in [0, 0.05) is 41.2 Å². The molecule has 0 atom stereocenters. The molecule has 0 aliphatic rings. The molecule has 6 rings (SSSR count). The van der Waals surface area contributed by atoms with E-state index in [0.29, 0.717) is 6.61 Å². The quantitative estimate of drug-likeness (QED) is 0.0855. The maximum Gasteiger partial charge on any atom is 0.186 e. The van der Waals surface area contributed by atoms with Crippen LogP contribution in [0.2, 0.25) is 19.1 Å². The molecule has 0 aromatic heterocycles. The van der Waals surface area contributed by atoms with Crippen LogP contribution in [-0.2, 0) is 4.43 Å². The van der Waals surface area contributed by atoms with Gasteiger partial charge in [-0.1, -0.05) is 60.7 Å².